The highest BCUT2D eigenvalue weighted by atomic mass is 127. The summed E-state index contributed by atoms with van der Waals surface area (Å²) in [6.07, 6.45) is 0. The number of hydrogen-bond donors (Lipinski definition) is 2. The molecule has 5 heteroatoms. The van der Waals surface area contributed by atoms with Gasteiger partial charge >= 0.3 is 0 Å². The summed E-state index contributed by atoms with van der Waals surface area (Å²) < 4.78 is 14.4. The van der Waals surface area contributed by atoms with Crippen molar-refractivity contribution in [3.8, 4) is 0 Å². The molecule has 0 aromatic heterocycles. The van der Waals surface area contributed by atoms with Crippen LogP contribution < -0.4 is 11.1 Å². The first kappa shape index (κ1) is 13.8. The van der Waals surface area contributed by atoms with E-state index in [1.54, 1.807) is 0 Å². The van der Waals surface area contributed by atoms with E-state index < -0.39 is 11.7 Å². The smallest absolute Gasteiger partial charge is 0.250 e. The number of halogens is 2. The van der Waals surface area contributed by atoms with Gasteiger partial charge in [0.2, 0.25) is 0 Å². The van der Waals surface area contributed by atoms with Crippen molar-refractivity contribution >= 4 is 39.9 Å². The Bertz CT molecular complexity index is 643. The Kier molecular flexibility index (Phi) is 4.04. The quantitative estimate of drug-likeness (QED) is 0.812. The predicted molar refractivity (Wildman–Crippen MR) is 82.1 cm³/mol. The van der Waals surface area contributed by atoms with Gasteiger partial charge in [-0.3, -0.25) is 4.79 Å². The number of carbonyl (C=O) groups is 1. The number of anilines is 2. The summed E-state index contributed by atoms with van der Waals surface area (Å²) in [5.41, 5.74) is 7.73. The number of benzene rings is 2. The van der Waals surface area contributed by atoms with Crippen LogP contribution in [0.3, 0.4) is 0 Å². The molecular weight excluding hydrogens is 358 g/mol. The van der Waals surface area contributed by atoms with Gasteiger partial charge in [-0.2, -0.15) is 0 Å². The lowest BCUT2D eigenvalue weighted by atomic mass is 10.1. The van der Waals surface area contributed by atoms with Crippen LogP contribution in [-0.2, 0) is 0 Å². The number of rotatable bonds is 3. The molecule has 19 heavy (non-hydrogen) atoms. The fourth-order valence-electron chi connectivity index (χ4n) is 1.75. The largest absolute Gasteiger partial charge is 0.366 e. The first-order valence-corrected chi connectivity index (χ1v) is 6.68. The van der Waals surface area contributed by atoms with Gasteiger partial charge in [0, 0.05) is 9.26 Å². The molecule has 98 valence electrons. The Labute approximate surface area is 124 Å². The number of hydrogen-bond acceptors (Lipinski definition) is 2. The number of aryl methyl sites for hydroxylation is 1. The van der Waals surface area contributed by atoms with E-state index in [4.69, 9.17) is 5.73 Å². The van der Waals surface area contributed by atoms with Gasteiger partial charge in [0.25, 0.3) is 5.91 Å². The molecule has 0 aliphatic heterocycles. The third-order valence-corrected chi connectivity index (χ3v) is 3.38. The molecule has 0 aliphatic carbocycles. The molecule has 3 N–H and O–H groups in total. The number of amides is 1. The third kappa shape index (κ3) is 3.23. The van der Waals surface area contributed by atoms with Crippen molar-refractivity contribution < 1.29 is 9.18 Å². The maximum atomic E-state index is 13.3. The molecular formula is C14H12FIN2O. The average Bonchev–Trinajstić information content (AvgIpc) is 2.32. The Morgan fingerprint density at radius 1 is 1.21 bits per heavy atom. The van der Waals surface area contributed by atoms with Crippen molar-refractivity contribution in [1.82, 2.24) is 0 Å². The molecule has 2 aromatic carbocycles. The fraction of sp³-hybridized carbons (Fsp3) is 0.0714. The zero-order valence-electron chi connectivity index (χ0n) is 10.2. The highest BCUT2D eigenvalue weighted by Gasteiger charge is 2.10. The molecule has 0 spiro atoms. The van der Waals surface area contributed by atoms with E-state index in [9.17, 15) is 9.18 Å². The van der Waals surface area contributed by atoms with Crippen molar-refractivity contribution in [1.29, 1.82) is 0 Å². The Hall–Kier alpha value is -1.63. The van der Waals surface area contributed by atoms with Crippen LogP contribution in [0, 0.1) is 16.3 Å². The monoisotopic (exact) mass is 370 g/mol. The lowest BCUT2D eigenvalue weighted by Crippen LogP contribution is -2.13. The zero-order valence-corrected chi connectivity index (χ0v) is 12.4. The molecule has 0 saturated carbocycles. The number of carbonyl (C=O) groups excluding carboxylic acids is 1. The number of primary amides is 1. The van der Waals surface area contributed by atoms with Gasteiger partial charge in [0.1, 0.15) is 5.82 Å². The lowest BCUT2D eigenvalue weighted by Gasteiger charge is -2.12. The normalized spacial score (nSPS) is 10.3. The fourth-order valence-corrected chi connectivity index (χ4v) is 2.39. The summed E-state index contributed by atoms with van der Waals surface area (Å²) in [4.78, 5) is 11.3. The summed E-state index contributed by atoms with van der Waals surface area (Å²) in [5.74, 6) is -1.01. The Morgan fingerprint density at radius 2 is 1.95 bits per heavy atom. The topological polar surface area (TPSA) is 55.1 Å². The van der Waals surface area contributed by atoms with Crippen LogP contribution >= 0.6 is 22.6 Å². The summed E-state index contributed by atoms with van der Waals surface area (Å²) in [7, 11) is 0. The molecule has 0 atom stereocenters. The molecule has 0 aliphatic rings. The van der Waals surface area contributed by atoms with Crippen LogP contribution in [0.15, 0.2) is 36.4 Å². The van der Waals surface area contributed by atoms with Gasteiger partial charge in [-0.15, -0.1) is 0 Å². The maximum Gasteiger partial charge on any atom is 0.250 e. The lowest BCUT2D eigenvalue weighted by molar-refractivity contribution is 0.100. The van der Waals surface area contributed by atoms with Gasteiger partial charge in [-0.25, -0.2) is 4.39 Å². The van der Waals surface area contributed by atoms with E-state index in [0.717, 1.165) is 14.8 Å². The molecule has 0 unspecified atom stereocenters. The van der Waals surface area contributed by atoms with Gasteiger partial charge in [0.15, 0.2) is 0 Å². The first-order chi connectivity index (χ1) is 8.97. The SMILES string of the molecule is Cc1cc(I)ccc1Nc1cc(F)ccc1C(N)=O. The van der Waals surface area contributed by atoms with Crippen LogP contribution in [-0.4, -0.2) is 5.91 Å². The van der Waals surface area contributed by atoms with Gasteiger partial charge in [-0.05, 0) is 71.5 Å². The molecule has 0 saturated heterocycles. The van der Waals surface area contributed by atoms with E-state index in [-0.39, 0.29) is 5.56 Å². The Morgan fingerprint density at radius 3 is 2.58 bits per heavy atom. The van der Waals surface area contributed by atoms with Crippen molar-refractivity contribution in [3.63, 3.8) is 0 Å². The van der Waals surface area contributed by atoms with Crippen LogP contribution in [0.2, 0.25) is 0 Å². The Balaban J connectivity index is 2.42. The summed E-state index contributed by atoms with van der Waals surface area (Å²) >= 11 is 2.21. The van der Waals surface area contributed by atoms with E-state index in [0.29, 0.717) is 5.69 Å². The van der Waals surface area contributed by atoms with Crippen LogP contribution in [0.4, 0.5) is 15.8 Å². The van der Waals surface area contributed by atoms with E-state index >= 15 is 0 Å². The third-order valence-electron chi connectivity index (χ3n) is 2.70. The van der Waals surface area contributed by atoms with E-state index in [1.165, 1.54) is 18.2 Å². The zero-order chi connectivity index (χ0) is 14.0. The van der Waals surface area contributed by atoms with Crippen molar-refractivity contribution in [3.05, 3.63) is 56.9 Å². The molecule has 2 aromatic rings. The molecule has 0 fully saturated rings. The molecule has 0 radical (unpaired) electrons. The van der Waals surface area contributed by atoms with Crippen molar-refractivity contribution in [2.75, 3.05) is 5.32 Å². The van der Waals surface area contributed by atoms with Gasteiger partial charge in [-0.1, -0.05) is 0 Å². The minimum absolute atomic E-state index is 0.263. The highest BCUT2D eigenvalue weighted by Crippen LogP contribution is 2.25. The molecule has 3 nitrogen and oxygen atoms in total. The first-order valence-electron chi connectivity index (χ1n) is 5.60. The molecule has 0 bridgehead atoms. The van der Waals surface area contributed by atoms with Crippen molar-refractivity contribution in [2.24, 2.45) is 5.73 Å². The van der Waals surface area contributed by atoms with Crippen LogP contribution in [0.25, 0.3) is 0 Å². The average molecular weight is 370 g/mol. The summed E-state index contributed by atoms with van der Waals surface area (Å²) in [6, 6.07) is 9.66. The minimum atomic E-state index is -0.592. The van der Waals surface area contributed by atoms with E-state index in [2.05, 4.69) is 27.9 Å². The predicted octanol–water partition coefficient (Wildman–Crippen LogP) is 3.58. The standard InChI is InChI=1S/C14H12FIN2O/c1-8-6-10(16)3-5-12(8)18-13-7-9(15)2-4-11(13)14(17)19/h2-7,18H,1H3,(H2,17,19). The van der Waals surface area contributed by atoms with Gasteiger partial charge in [0.05, 0.1) is 11.3 Å². The van der Waals surface area contributed by atoms with Crippen LogP contribution in [0.1, 0.15) is 15.9 Å². The number of nitrogens with one attached hydrogen (secondary N) is 1. The summed E-state index contributed by atoms with van der Waals surface area (Å²) in [5, 5.41) is 3.05. The van der Waals surface area contributed by atoms with Gasteiger partial charge < -0.3 is 11.1 Å². The number of nitrogens with two attached hydrogens (primary N) is 1. The second-order valence-corrected chi connectivity index (χ2v) is 5.38. The molecule has 1 amide bonds. The van der Waals surface area contributed by atoms with Crippen LogP contribution in [0.5, 0.6) is 0 Å². The van der Waals surface area contributed by atoms with E-state index in [1.807, 2.05) is 25.1 Å². The minimum Gasteiger partial charge on any atom is -0.366 e. The highest BCUT2D eigenvalue weighted by molar-refractivity contribution is 14.1. The molecule has 0 heterocycles. The maximum absolute atomic E-state index is 13.3. The summed E-state index contributed by atoms with van der Waals surface area (Å²) in [6.45, 7) is 1.94. The second-order valence-electron chi connectivity index (χ2n) is 4.14. The second kappa shape index (κ2) is 5.56. The van der Waals surface area contributed by atoms with Crippen molar-refractivity contribution in [2.45, 2.75) is 6.92 Å². The molecule has 2 rings (SSSR count).